The van der Waals surface area contributed by atoms with E-state index >= 15 is 0 Å². The van der Waals surface area contributed by atoms with Gasteiger partial charge >= 0.3 is 0 Å². The van der Waals surface area contributed by atoms with E-state index in [-0.39, 0.29) is 24.5 Å². The Morgan fingerprint density at radius 3 is 2.67 bits per heavy atom. The van der Waals surface area contributed by atoms with Crippen molar-refractivity contribution < 1.29 is 8.42 Å². The Hall–Kier alpha value is -0.620. The molecular formula is C15H23ClN2O2S. The molecule has 0 saturated carbocycles. The number of fused-ring (bicyclic) bond motifs is 1. The summed E-state index contributed by atoms with van der Waals surface area (Å²) in [5.41, 5.74) is 2.52. The molecule has 0 aromatic heterocycles. The van der Waals surface area contributed by atoms with Crippen LogP contribution >= 0.6 is 12.4 Å². The van der Waals surface area contributed by atoms with Gasteiger partial charge in [-0.05, 0) is 56.4 Å². The molecule has 21 heavy (non-hydrogen) atoms. The second kappa shape index (κ2) is 6.24. The molecule has 2 atom stereocenters. The number of sulfonamides is 1. The maximum absolute atomic E-state index is 12.8. The lowest BCUT2D eigenvalue weighted by Gasteiger charge is -2.36. The van der Waals surface area contributed by atoms with Crippen LogP contribution in [0.15, 0.2) is 23.1 Å². The number of hydrogen-bond donors (Lipinski definition) is 1. The Morgan fingerprint density at radius 2 is 1.90 bits per heavy atom. The molecule has 6 heteroatoms. The standard InChI is InChI=1S/C15H22N2O2S.ClH/c1-11-10-17(12(2)9-16-11)20(18,19)15-7-6-13-4-3-5-14(13)8-15;/h6-8,11-12,16H,3-5,9-10H2,1-2H3;1H. The van der Waals surface area contributed by atoms with Crippen LogP contribution in [-0.2, 0) is 22.9 Å². The van der Waals surface area contributed by atoms with E-state index in [9.17, 15) is 8.42 Å². The van der Waals surface area contributed by atoms with Crippen molar-refractivity contribution in [3.05, 3.63) is 29.3 Å². The molecule has 2 aliphatic rings. The highest BCUT2D eigenvalue weighted by molar-refractivity contribution is 7.89. The van der Waals surface area contributed by atoms with Gasteiger partial charge in [-0.15, -0.1) is 12.4 Å². The van der Waals surface area contributed by atoms with Gasteiger partial charge in [-0.25, -0.2) is 8.42 Å². The monoisotopic (exact) mass is 330 g/mol. The third kappa shape index (κ3) is 3.11. The predicted octanol–water partition coefficient (Wildman–Crippen LogP) is 1.97. The average molecular weight is 331 g/mol. The molecule has 4 nitrogen and oxygen atoms in total. The first-order valence-corrected chi connectivity index (χ1v) is 8.79. The number of hydrogen-bond acceptors (Lipinski definition) is 3. The molecule has 1 aliphatic carbocycles. The summed E-state index contributed by atoms with van der Waals surface area (Å²) in [7, 11) is -3.37. The van der Waals surface area contributed by atoms with Gasteiger partial charge < -0.3 is 5.32 Å². The van der Waals surface area contributed by atoms with Crippen LogP contribution in [0.2, 0.25) is 0 Å². The molecule has 2 unspecified atom stereocenters. The molecule has 1 fully saturated rings. The van der Waals surface area contributed by atoms with Crippen LogP contribution in [0.25, 0.3) is 0 Å². The van der Waals surface area contributed by atoms with E-state index in [0.717, 1.165) is 19.3 Å². The van der Waals surface area contributed by atoms with E-state index in [1.165, 1.54) is 11.1 Å². The summed E-state index contributed by atoms with van der Waals surface area (Å²) in [5, 5.41) is 3.32. The van der Waals surface area contributed by atoms with E-state index in [2.05, 4.69) is 5.32 Å². The summed E-state index contributed by atoms with van der Waals surface area (Å²) in [4.78, 5) is 0.458. The fraction of sp³-hybridized carbons (Fsp3) is 0.600. The molecule has 0 amide bonds. The summed E-state index contributed by atoms with van der Waals surface area (Å²) in [5.74, 6) is 0. The second-order valence-electron chi connectivity index (χ2n) is 6.02. The first-order chi connectivity index (χ1) is 9.48. The molecule has 1 saturated heterocycles. The smallest absolute Gasteiger partial charge is 0.243 e. The van der Waals surface area contributed by atoms with E-state index in [4.69, 9.17) is 0 Å². The average Bonchev–Trinajstić information content (AvgIpc) is 2.88. The van der Waals surface area contributed by atoms with Gasteiger partial charge in [-0.1, -0.05) is 6.07 Å². The molecule has 1 N–H and O–H groups in total. The molecule has 3 rings (SSSR count). The SMILES string of the molecule is CC1CN(S(=O)(=O)c2ccc3c(c2)CCC3)C(C)CN1.Cl. The fourth-order valence-corrected chi connectivity index (χ4v) is 4.94. The summed E-state index contributed by atoms with van der Waals surface area (Å²) in [6, 6.07) is 5.86. The van der Waals surface area contributed by atoms with Crippen molar-refractivity contribution in [3.63, 3.8) is 0 Å². The topological polar surface area (TPSA) is 49.4 Å². The molecule has 1 aromatic rings. The van der Waals surface area contributed by atoms with Crippen LogP contribution in [0, 0.1) is 0 Å². The number of nitrogens with zero attached hydrogens (tertiary/aromatic N) is 1. The van der Waals surface area contributed by atoms with Gasteiger partial charge in [0.2, 0.25) is 10.0 Å². The third-order valence-electron chi connectivity index (χ3n) is 4.38. The maximum atomic E-state index is 12.8. The van der Waals surface area contributed by atoms with E-state index in [1.54, 1.807) is 10.4 Å². The highest BCUT2D eigenvalue weighted by Gasteiger charge is 2.33. The van der Waals surface area contributed by atoms with Gasteiger partial charge in [0.1, 0.15) is 0 Å². The minimum absolute atomic E-state index is 0. The third-order valence-corrected chi connectivity index (χ3v) is 6.36. The maximum Gasteiger partial charge on any atom is 0.243 e. The number of aryl methyl sites for hydroxylation is 2. The Labute approximate surface area is 133 Å². The zero-order valence-corrected chi connectivity index (χ0v) is 14.1. The van der Waals surface area contributed by atoms with Gasteiger partial charge in [0.05, 0.1) is 4.90 Å². The Morgan fingerprint density at radius 1 is 1.19 bits per heavy atom. The van der Waals surface area contributed by atoms with E-state index < -0.39 is 10.0 Å². The lowest BCUT2D eigenvalue weighted by molar-refractivity contribution is 0.244. The normalized spacial score (nSPS) is 26.2. The summed E-state index contributed by atoms with van der Waals surface area (Å²) in [6.07, 6.45) is 3.23. The van der Waals surface area contributed by atoms with Gasteiger partial charge in [-0.3, -0.25) is 0 Å². The van der Waals surface area contributed by atoms with E-state index in [0.29, 0.717) is 18.0 Å². The Balaban J connectivity index is 0.00000161. The van der Waals surface area contributed by atoms with Crippen LogP contribution in [0.3, 0.4) is 0 Å². The van der Waals surface area contributed by atoms with Crippen LogP contribution in [0.4, 0.5) is 0 Å². The number of piperazine rings is 1. The Kier molecular flexibility index (Phi) is 4.98. The molecule has 1 aromatic carbocycles. The molecule has 1 aliphatic heterocycles. The van der Waals surface area contributed by atoms with Crippen LogP contribution < -0.4 is 5.32 Å². The minimum Gasteiger partial charge on any atom is -0.311 e. The number of rotatable bonds is 2. The van der Waals surface area contributed by atoms with Crippen LogP contribution in [0.1, 0.15) is 31.4 Å². The summed E-state index contributed by atoms with van der Waals surface area (Å²) < 4.78 is 27.3. The molecule has 0 spiro atoms. The highest BCUT2D eigenvalue weighted by atomic mass is 35.5. The first kappa shape index (κ1) is 16.7. The molecule has 0 bridgehead atoms. The van der Waals surface area contributed by atoms with Gasteiger partial charge in [0.15, 0.2) is 0 Å². The first-order valence-electron chi connectivity index (χ1n) is 7.35. The molecule has 1 heterocycles. The Bertz CT molecular complexity index is 618. The van der Waals surface area contributed by atoms with Crippen molar-refractivity contribution in [1.29, 1.82) is 0 Å². The molecule has 0 radical (unpaired) electrons. The number of halogens is 1. The van der Waals surface area contributed by atoms with Crippen molar-refractivity contribution in [2.45, 2.75) is 50.1 Å². The summed E-state index contributed by atoms with van der Waals surface area (Å²) in [6.45, 7) is 5.24. The summed E-state index contributed by atoms with van der Waals surface area (Å²) >= 11 is 0. The van der Waals surface area contributed by atoms with Crippen molar-refractivity contribution in [1.82, 2.24) is 9.62 Å². The van der Waals surface area contributed by atoms with Crippen LogP contribution in [0.5, 0.6) is 0 Å². The molecular weight excluding hydrogens is 308 g/mol. The lowest BCUT2D eigenvalue weighted by atomic mass is 10.1. The number of benzene rings is 1. The lowest BCUT2D eigenvalue weighted by Crippen LogP contribution is -2.56. The van der Waals surface area contributed by atoms with Crippen molar-refractivity contribution in [2.75, 3.05) is 13.1 Å². The zero-order chi connectivity index (χ0) is 14.3. The highest BCUT2D eigenvalue weighted by Crippen LogP contribution is 2.27. The number of nitrogens with one attached hydrogen (secondary N) is 1. The largest absolute Gasteiger partial charge is 0.311 e. The zero-order valence-electron chi connectivity index (χ0n) is 12.5. The van der Waals surface area contributed by atoms with Gasteiger partial charge in [0.25, 0.3) is 0 Å². The van der Waals surface area contributed by atoms with E-state index in [1.807, 2.05) is 26.0 Å². The van der Waals surface area contributed by atoms with Crippen molar-refractivity contribution >= 4 is 22.4 Å². The van der Waals surface area contributed by atoms with Crippen LogP contribution in [-0.4, -0.2) is 37.9 Å². The minimum atomic E-state index is -3.37. The second-order valence-corrected chi connectivity index (χ2v) is 7.91. The quantitative estimate of drug-likeness (QED) is 0.902. The van der Waals surface area contributed by atoms with Crippen molar-refractivity contribution in [3.8, 4) is 0 Å². The van der Waals surface area contributed by atoms with Gasteiger partial charge in [-0.2, -0.15) is 4.31 Å². The fourth-order valence-electron chi connectivity index (χ4n) is 3.17. The van der Waals surface area contributed by atoms with Crippen molar-refractivity contribution in [2.24, 2.45) is 0 Å². The predicted molar refractivity (Wildman–Crippen MR) is 86.5 cm³/mol. The molecule has 118 valence electrons. The van der Waals surface area contributed by atoms with Gasteiger partial charge in [0, 0.05) is 25.2 Å².